The van der Waals surface area contributed by atoms with E-state index in [9.17, 15) is 4.79 Å². The van der Waals surface area contributed by atoms with Gasteiger partial charge < -0.3 is 9.64 Å². The Morgan fingerprint density at radius 2 is 1.95 bits per heavy atom. The van der Waals surface area contributed by atoms with Crippen molar-refractivity contribution < 1.29 is 9.53 Å². The van der Waals surface area contributed by atoms with Crippen LogP contribution in [0.5, 0.6) is 5.75 Å². The highest BCUT2D eigenvalue weighted by Crippen LogP contribution is 2.19. The number of likely N-dealkylation sites (N-methyl/N-ethyl adjacent to an activating group) is 1. The standard InChI is InChI=1S/C16H26N2O2/c1-6-18(7-2)16(19)13(4)17-12(3)14-9-8-10-15(11-14)20-5/h8-13,17H,6-7H2,1-5H3. The Kier molecular flexibility index (Phi) is 6.52. The average molecular weight is 278 g/mol. The van der Waals surface area contributed by atoms with Crippen molar-refractivity contribution >= 4 is 5.91 Å². The van der Waals surface area contributed by atoms with Gasteiger partial charge in [-0.15, -0.1) is 0 Å². The van der Waals surface area contributed by atoms with E-state index >= 15 is 0 Å². The van der Waals surface area contributed by atoms with E-state index in [4.69, 9.17) is 4.74 Å². The maximum absolute atomic E-state index is 12.2. The number of carbonyl (C=O) groups excluding carboxylic acids is 1. The van der Waals surface area contributed by atoms with E-state index in [-0.39, 0.29) is 18.0 Å². The maximum Gasteiger partial charge on any atom is 0.239 e. The summed E-state index contributed by atoms with van der Waals surface area (Å²) >= 11 is 0. The minimum absolute atomic E-state index is 0.0969. The van der Waals surface area contributed by atoms with E-state index in [0.717, 1.165) is 24.4 Å². The summed E-state index contributed by atoms with van der Waals surface area (Å²) in [6.07, 6.45) is 0. The van der Waals surface area contributed by atoms with Crippen molar-refractivity contribution in [2.24, 2.45) is 0 Å². The summed E-state index contributed by atoms with van der Waals surface area (Å²) < 4.78 is 5.23. The van der Waals surface area contributed by atoms with Crippen LogP contribution in [-0.2, 0) is 4.79 Å². The van der Waals surface area contributed by atoms with E-state index in [1.165, 1.54) is 0 Å². The topological polar surface area (TPSA) is 41.6 Å². The third-order valence-electron chi connectivity index (χ3n) is 3.54. The number of nitrogens with zero attached hydrogens (tertiary/aromatic N) is 1. The number of rotatable bonds is 7. The zero-order valence-electron chi connectivity index (χ0n) is 13.1. The number of amides is 1. The normalized spacial score (nSPS) is 13.7. The van der Waals surface area contributed by atoms with Gasteiger partial charge in [-0.1, -0.05) is 12.1 Å². The Bertz CT molecular complexity index is 430. The number of ether oxygens (including phenoxy) is 1. The number of nitrogens with one attached hydrogen (secondary N) is 1. The minimum Gasteiger partial charge on any atom is -0.497 e. The van der Waals surface area contributed by atoms with Crippen molar-refractivity contribution in [2.75, 3.05) is 20.2 Å². The number of hydrogen-bond donors (Lipinski definition) is 1. The van der Waals surface area contributed by atoms with Gasteiger partial charge in [0.15, 0.2) is 0 Å². The summed E-state index contributed by atoms with van der Waals surface area (Å²) in [7, 11) is 1.66. The molecule has 4 heteroatoms. The van der Waals surface area contributed by atoms with Crippen LogP contribution in [0, 0.1) is 0 Å². The lowest BCUT2D eigenvalue weighted by Gasteiger charge is -2.26. The van der Waals surface area contributed by atoms with Gasteiger partial charge in [-0.3, -0.25) is 10.1 Å². The zero-order chi connectivity index (χ0) is 15.1. The van der Waals surface area contributed by atoms with Gasteiger partial charge >= 0.3 is 0 Å². The fraction of sp³-hybridized carbons (Fsp3) is 0.562. The molecule has 20 heavy (non-hydrogen) atoms. The van der Waals surface area contributed by atoms with E-state index in [0.29, 0.717) is 0 Å². The van der Waals surface area contributed by atoms with Gasteiger partial charge in [0.1, 0.15) is 5.75 Å². The Morgan fingerprint density at radius 1 is 1.30 bits per heavy atom. The van der Waals surface area contributed by atoms with Gasteiger partial charge in [0.25, 0.3) is 0 Å². The largest absolute Gasteiger partial charge is 0.497 e. The molecular weight excluding hydrogens is 252 g/mol. The number of benzene rings is 1. The van der Waals surface area contributed by atoms with Crippen LogP contribution in [0.4, 0.5) is 0 Å². The van der Waals surface area contributed by atoms with Crippen LogP contribution in [0.3, 0.4) is 0 Å². The highest BCUT2D eigenvalue weighted by Gasteiger charge is 2.20. The van der Waals surface area contributed by atoms with Gasteiger partial charge in [-0.05, 0) is 45.4 Å². The monoisotopic (exact) mass is 278 g/mol. The summed E-state index contributed by atoms with van der Waals surface area (Å²) in [6.45, 7) is 9.46. The van der Waals surface area contributed by atoms with E-state index in [2.05, 4.69) is 12.2 Å². The molecular formula is C16H26N2O2. The second-order valence-corrected chi connectivity index (χ2v) is 4.90. The van der Waals surface area contributed by atoms with Crippen molar-refractivity contribution in [2.45, 2.75) is 39.8 Å². The molecule has 4 nitrogen and oxygen atoms in total. The molecule has 0 aromatic heterocycles. The summed E-state index contributed by atoms with van der Waals surface area (Å²) in [4.78, 5) is 14.1. The first-order valence-corrected chi connectivity index (χ1v) is 7.22. The first kappa shape index (κ1) is 16.5. The fourth-order valence-corrected chi connectivity index (χ4v) is 2.26. The predicted octanol–water partition coefficient (Wildman–Crippen LogP) is 2.60. The van der Waals surface area contributed by atoms with Crippen LogP contribution in [0.25, 0.3) is 0 Å². The van der Waals surface area contributed by atoms with Gasteiger partial charge in [-0.25, -0.2) is 0 Å². The van der Waals surface area contributed by atoms with Crippen molar-refractivity contribution in [1.82, 2.24) is 10.2 Å². The molecule has 0 bridgehead atoms. The Labute approximate surface area is 122 Å². The van der Waals surface area contributed by atoms with E-state index in [1.54, 1.807) is 7.11 Å². The molecule has 0 saturated heterocycles. The highest BCUT2D eigenvalue weighted by molar-refractivity contribution is 5.81. The van der Waals surface area contributed by atoms with Crippen LogP contribution in [-0.4, -0.2) is 37.0 Å². The summed E-state index contributed by atoms with van der Waals surface area (Å²) in [5.41, 5.74) is 1.11. The lowest BCUT2D eigenvalue weighted by atomic mass is 10.1. The Balaban J connectivity index is 2.69. The Morgan fingerprint density at radius 3 is 2.50 bits per heavy atom. The van der Waals surface area contributed by atoms with Gasteiger partial charge in [0.05, 0.1) is 13.2 Å². The first-order valence-electron chi connectivity index (χ1n) is 7.22. The molecule has 1 aromatic rings. The van der Waals surface area contributed by atoms with Gasteiger partial charge in [0, 0.05) is 19.1 Å². The smallest absolute Gasteiger partial charge is 0.239 e. The molecule has 0 radical (unpaired) electrons. The first-order chi connectivity index (χ1) is 9.53. The molecule has 1 rings (SSSR count). The van der Waals surface area contributed by atoms with Crippen LogP contribution < -0.4 is 10.1 Å². The molecule has 0 aliphatic rings. The second-order valence-electron chi connectivity index (χ2n) is 4.90. The highest BCUT2D eigenvalue weighted by atomic mass is 16.5. The van der Waals surface area contributed by atoms with Crippen LogP contribution >= 0.6 is 0 Å². The van der Waals surface area contributed by atoms with Crippen molar-refractivity contribution in [3.63, 3.8) is 0 Å². The lowest BCUT2D eigenvalue weighted by Crippen LogP contribution is -2.45. The molecule has 0 heterocycles. The minimum atomic E-state index is -0.198. The lowest BCUT2D eigenvalue weighted by molar-refractivity contribution is -0.132. The number of carbonyl (C=O) groups is 1. The number of methoxy groups -OCH3 is 1. The molecule has 0 fully saturated rings. The maximum atomic E-state index is 12.2. The molecule has 0 spiro atoms. The Hall–Kier alpha value is -1.55. The summed E-state index contributed by atoms with van der Waals surface area (Å²) in [5.74, 6) is 0.976. The average Bonchev–Trinajstić information content (AvgIpc) is 2.48. The third-order valence-corrected chi connectivity index (χ3v) is 3.54. The van der Waals surface area contributed by atoms with Crippen LogP contribution in [0.2, 0.25) is 0 Å². The van der Waals surface area contributed by atoms with Crippen LogP contribution in [0.1, 0.15) is 39.3 Å². The second kappa shape index (κ2) is 7.90. The van der Waals surface area contributed by atoms with Crippen molar-refractivity contribution in [3.05, 3.63) is 29.8 Å². The van der Waals surface area contributed by atoms with E-state index < -0.39 is 0 Å². The van der Waals surface area contributed by atoms with Crippen LogP contribution in [0.15, 0.2) is 24.3 Å². The summed E-state index contributed by atoms with van der Waals surface area (Å²) in [6, 6.07) is 7.81. The molecule has 0 aliphatic heterocycles. The molecule has 2 unspecified atom stereocenters. The molecule has 0 aliphatic carbocycles. The molecule has 0 saturated carbocycles. The molecule has 1 aromatic carbocycles. The SMILES string of the molecule is CCN(CC)C(=O)C(C)NC(C)c1cccc(OC)c1. The quantitative estimate of drug-likeness (QED) is 0.833. The third kappa shape index (κ3) is 4.23. The zero-order valence-corrected chi connectivity index (χ0v) is 13.1. The van der Waals surface area contributed by atoms with E-state index in [1.807, 2.05) is 49.9 Å². The van der Waals surface area contributed by atoms with Gasteiger partial charge in [0.2, 0.25) is 5.91 Å². The fourth-order valence-electron chi connectivity index (χ4n) is 2.26. The van der Waals surface area contributed by atoms with Crippen molar-refractivity contribution in [1.29, 1.82) is 0 Å². The molecule has 1 N–H and O–H groups in total. The van der Waals surface area contributed by atoms with Crippen molar-refractivity contribution in [3.8, 4) is 5.75 Å². The molecule has 1 amide bonds. The predicted molar refractivity (Wildman–Crippen MR) is 81.9 cm³/mol. The molecule has 112 valence electrons. The van der Waals surface area contributed by atoms with Gasteiger partial charge in [-0.2, -0.15) is 0 Å². The number of hydrogen-bond acceptors (Lipinski definition) is 3. The molecule has 2 atom stereocenters. The summed E-state index contributed by atoms with van der Waals surface area (Å²) in [5, 5.41) is 3.35.